The fourth-order valence-electron chi connectivity index (χ4n) is 3.56. The van der Waals surface area contributed by atoms with E-state index in [9.17, 15) is 9.59 Å². The Morgan fingerprint density at radius 1 is 0.914 bits per heavy atom. The summed E-state index contributed by atoms with van der Waals surface area (Å²) in [5.41, 5.74) is 2.28. The van der Waals surface area contributed by atoms with Gasteiger partial charge in [-0.1, -0.05) is 54.9 Å². The number of hydrogen-bond donors (Lipinski definition) is 1. The van der Waals surface area contributed by atoms with Crippen LogP contribution in [-0.4, -0.2) is 24.2 Å². The number of halogens is 1. The number of rotatable bonds is 10. The fourth-order valence-corrected chi connectivity index (χ4v) is 3.81. The molecule has 3 aromatic rings. The van der Waals surface area contributed by atoms with Crippen molar-refractivity contribution in [3.63, 3.8) is 0 Å². The second kappa shape index (κ2) is 11.8. The molecule has 0 aliphatic rings. The average molecular weight is 496 g/mol. The molecule has 0 bridgehead atoms. The molecule has 1 N–H and O–H groups in total. The number of esters is 1. The van der Waals surface area contributed by atoms with Gasteiger partial charge >= 0.3 is 5.97 Å². The molecular formula is C28H30ClNO5. The van der Waals surface area contributed by atoms with E-state index in [1.54, 1.807) is 12.1 Å². The van der Waals surface area contributed by atoms with Gasteiger partial charge in [-0.3, -0.25) is 9.59 Å². The number of para-hydroxylation sites is 1. The number of aryl methyl sites for hydroxylation is 1. The first-order valence-electron chi connectivity index (χ1n) is 11.5. The van der Waals surface area contributed by atoms with Crippen LogP contribution in [-0.2, 0) is 17.6 Å². The second-order valence-electron chi connectivity index (χ2n) is 8.42. The number of carbonyl (C=O) groups excluding carboxylic acids is 2. The molecule has 7 heteroatoms. The van der Waals surface area contributed by atoms with Crippen molar-refractivity contribution in [2.75, 3.05) is 6.54 Å². The largest absolute Gasteiger partial charge is 0.453 e. The smallest absolute Gasteiger partial charge is 0.308 e. The number of carbonyl (C=O) groups is 2. The molecule has 0 atom stereocenters. The predicted octanol–water partition coefficient (Wildman–Crippen LogP) is 5.99. The van der Waals surface area contributed by atoms with Crippen molar-refractivity contribution >= 4 is 23.5 Å². The van der Waals surface area contributed by atoms with Gasteiger partial charge in [0.15, 0.2) is 0 Å². The minimum atomic E-state index is -0.852. The van der Waals surface area contributed by atoms with Gasteiger partial charge in [-0.15, -0.1) is 0 Å². The van der Waals surface area contributed by atoms with Gasteiger partial charge in [-0.25, -0.2) is 0 Å². The number of ether oxygens (including phenoxy) is 3. The van der Waals surface area contributed by atoms with Crippen molar-refractivity contribution in [3.05, 3.63) is 88.4 Å². The minimum absolute atomic E-state index is 0.135. The molecule has 6 nitrogen and oxygen atoms in total. The summed E-state index contributed by atoms with van der Waals surface area (Å²) in [7, 11) is 0. The van der Waals surface area contributed by atoms with E-state index >= 15 is 0 Å². The highest BCUT2D eigenvalue weighted by molar-refractivity contribution is 6.34. The first kappa shape index (κ1) is 26.1. The third-order valence-electron chi connectivity index (χ3n) is 5.15. The SMILES string of the molecule is CCc1ccccc1OC(C)(C)Oc1ccc(CCNC(=O)c2c(Cl)cccc2OC(C)=O)cc1. The Labute approximate surface area is 211 Å². The van der Waals surface area contributed by atoms with Crippen LogP contribution < -0.4 is 19.5 Å². The quantitative estimate of drug-likeness (QED) is 0.212. The Morgan fingerprint density at radius 2 is 1.60 bits per heavy atom. The molecule has 0 aliphatic carbocycles. The van der Waals surface area contributed by atoms with Crippen LogP contribution in [0, 0.1) is 0 Å². The molecule has 3 aromatic carbocycles. The molecule has 0 radical (unpaired) electrons. The van der Waals surface area contributed by atoms with Gasteiger partial charge in [0.2, 0.25) is 5.79 Å². The predicted molar refractivity (Wildman–Crippen MR) is 136 cm³/mol. The molecule has 0 heterocycles. The zero-order valence-corrected chi connectivity index (χ0v) is 21.1. The summed E-state index contributed by atoms with van der Waals surface area (Å²) < 4.78 is 17.3. The van der Waals surface area contributed by atoms with Crippen LogP contribution in [0.15, 0.2) is 66.7 Å². The topological polar surface area (TPSA) is 73.9 Å². The fraction of sp³-hybridized carbons (Fsp3) is 0.286. The van der Waals surface area contributed by atoms with Gasteiger partial charge in [0.25, 0.3) is 5.91 Å². The van der Waals surface area contributed by atoms with Crippen molar-refractivity contribution in [2.24, 2.45) is 0 Å². The highest BCUT2D eigenvalue weighted by atomic mass is 35.5. The van der Waals surface area contributed by atoms with Crippen LogP contribution in [0.2, 0.25) is 5.02 Å². The Kier molecular flexibility index (Phi) is 8.77. The summed E-state index contributed by atoms with van der Waals surface area (Å²) in [5, 5.41) is 3.04. The van der Waals surface area contributed by atoms with E-state index in [-0.39, 0.29) is 16.3 Å². The molecule has 0 aromatic heterocycles. The number of hydrogen-bond acceptors (Lipinski definition) is 5. The summed E-state index contributed by atoms with van der Waals surface area (Å²) in [6, 6.07) is 20.3. The number of amides is 1. The summed E-state index contributed by atoms with van der Waals surface area (Å²) in [6.45, 7) is 7.49. The zero-order chi connectivity index (χ0) is 25.4. The molecule has 0 saturated heterocycles. The summed E-state index contributed by atoms with van der Waals surface area (Å²) in [5.74, 6) is -0.156. The van der Waals surface area contributed by atoms with E-state index in [2.05, 4.69) is 12.2 Å². The normalized spacial score (nSPS) is 11.0. The Hall–Kier alpha value is -3.51. The molecule has 35 heavy (non-hydrogen) atoms. The van der Waals surface area contributed by atoms with Gasteiger partial charge < -0.3 is 19.5 Å². The molecule has 0 aliphatic heterocycles. The lowest BCUT2D eigenvalue weighted by atomic mass is 10.1. The first-order chi connectivity index (χ1) is 16.7. The van der Waals surface area contributed by atoms with Crippen molar-refractivity contribution in [1.29, 1.82) is 0 Å². The van der Waals surface area contributed by atoms with Crippen LogP contribution in [0.1, 0.15) is 49.2 Å². The van der Waals surface area contributed by atoms with Crippen LogP contribution in [0.25, 0.3) is 0 Å². The lowest BCUT2D eigenvalue weighted by molar-refractivity contribution is -0.131. The summed E-state index contributed by atoms with van der Waals surface area (Å²) in [4.78, 5) is 24.0. The van der Waals surface area contributed by atoms with Crippen molar-refractivity contribution in [2.45, 2.75) is 46.3 Å². The average Bonchev–Trinajstić information content (AvgIpc) is 2.79. The molecule has 3 rings (SSSR count). The van der Waals surface area contributed by atoms with E-state index in [1.165, 1.54) is 13.0 Å². The molecular weight excluding hydrogens is 466 g/mol. The van der Waals surface area contributed by atoms with E-state index in [0.717, 1.165) is 23.3 Å². The lowest BCUT2D eigenvalue weighted by Crippen LogP contribution is -2.35. The number of benzene rings is 3. The Balaban J connectivity index is 1.56. The molecule has 0 saturated carbocycles. The lowest BCUT2D eigenvalue weighted by Gasteiger charge is -2.28. The van der Waals surface area contributed by atoms with Gasteiger partial charge in [0.1, 0.15) is 22.8 Å². The van der Waals surface area contributed by atoms with Crippen molar-refractivity contribution in [1.82, 2.24) is 5.32 Å². The standard InChI is InChI=1S/C28H30ClNO5/c1-5-21-9-6-7-11-24(21)35-28(3,4)34-22-15-13-20(14-16-22)17-18-30-27(32)26-23(29)10-8-12-25(26)33-19(2)31/h6-16H,5,17-18H2,1-4H3,(H,30,32). The van der Waals surface area contributed by atoms with Crippen LogP contribution in [0.3, 0.4) is 0 Å². The van der Waals surface area contributed by atoms with Gasteiger partial charge in [0.05, 0.1) is 5.02 Å². The van der Waals surface area contributed by atoms with Crippen LogP contribution in [0.5, 0.6) is 17.2 Å². The Morgan fingerprint density at radius 3 is 2.29 bits per heavy atom. The van der Waals surface area contributed by atoms with E-state index in [4.69, 9.17) is 25.8 Å². The van der Waals surface area contributed by atoms with Gasteiger partial charge in [-0.2, -0.15) is 0 Å². The second-order valence-corrected chi connectivity index (χ2v) is 8.83. The maximum Gasteiger partial charge on any atom is 0.308 e. The summed E-state index contributed by atoms with van der Waals surface area (Å²) >= 11 is 6.17. The monoisotopic (exact) mass is 495 g/mol. The maximum atomic E-state index is 12.6. The van der Waals surface area contributed by atoms with E-state index in [0.29, 0.717) is 18.7 Å². The molecule has 0 spiro atoms. The highest BCUT2D eigenvalue weighted by Crippen LogP contribution is 2.28. The van der Waals surface area contributed by atoms with Crippen molar-refractivity contribution < 1.29 is 23.8 Å². The molecule has 184 valence electrons. The minimum Gasteiger partial charge on any atom is -0.453 e. The highest BCUT2D eigenvalue weighted by Gasteiger charge is 2.23. The van der Waals surface area contributed by atoms with Crippen molar-refractivity contribution in [3.8, 4) is 17.2 Å². The molecule has 1 amide bonds. The van der Waals surface area contributed by atoms with E-state index in [1.807, 2.05) is 62.4 Å². The molecule has 0 unspecified atom stereocenters. The van der Waals surface area contributed by atoms with Gasteiger partial charge in [-0.05, 0) is 54.3 Å². The third kappa shape index (κ3) is 7.49. The molecule has 0 fully saturated rings. The third-order valence-corrected chi connectivity index (χ3v) is 5.47. The van der Waals surface area contributed by atoms with Crippen LogP contribution in [0.4, 0.5) is 0 Å². The summed E-state index contributed by atoms with van der Waals surface area (Å²) in [6.07, 6.45) is 1.47. The Bertz CT molecular complexity index is 1170. The number of nitrogens with one attached hydrogen (secondary N) is 1. The zero-order valence-electron chi connectivity index (χ0n) is 20.4. The van der Waals surface area contributed by atoms with Gasteiger partial charge in [0, 0.05) is 27.3 Å². The maximum absolute atomic E-state index is 12.6. The first-order valence-corrected chi connectivity index (χ1v) is 11.9. The van der Waals surface area contributed by atoms with Crippen LogP contribution >= 0.6 is 11.6 Å². The van der Waals surface area contributed by atoms with E-state index < -0.39 is 17.7 Å².